The van der Waals surface area contributed by atoms with Crippen LogP contribution in [0.3, 0.4) is 0 Å². The molecule has 0 atom stereocenters. The Balaban J connectivity index is 3.01. The fraction of sp³-hybridized carbons (Fsp3) is 0. The topological polar surface area (TPSA) is 72.2 Å². The maximum atomic E-state index is 11.3. The highest BCUT2D eigenvalue weighted by Gasteiger charge is 2.13. The second-order valence-electron chi connectivity index (χ2n) is 2.42. The maximum absolute atomic E-state index is 11.3. The van der Waals surface area contributed by atoms with Crippen LogP contribution in [-0.2, 0) is 0 Å². The Hall–Kier alpha value is -1.26. The zero-order valence-corrected chi connectivity index (χ0v) is 8.39. The molecule has 0 spiro atoms. The van der Waals surface area contributed by atoms with Crippen molar-refractivity contribution in [3.05, 3.63) is 33.8 Å². The van der Waals surface area contributed by atoms with Crippen LogP contribution in [0.25, 0.3) is 0 Å². The van der Waals surface area contributed by atoms with E-state index in [1.165, 1.54) is 12.1 Å². The first-order chi connectivity index (χ1) is 6.52. The Morgan fingerprint density at radius 2 is 1.93 bits per heavy atom. The molecule has 0 heterocycles. The van der Waals surface area contributed by atoms with Crippen molar-refractivity contribution in [2.45, 2.75) is 0 Å². The van der Waals surface area contributed by atoms with Crippen molar-refractivity contribution in [1.82, 2.24) is 5.32 Å². The molecule has 0 saturated carbocycles. The Morgan fingerprint density at radius 3 is 2.50 bits per heavy atom. The molecule has 6 heteroatoms. The van der Waals surface area contributed by atoms with Gasteiger partial charge < -0.3 is 5.73 Å². The molecule has 74 valence electrons. The third kappa shape index (κ3) is 2.37. The molecule has 0 aliphatic rings. The molecule has 0 radical (unpaired) electrons. The number of carbonyl (C=O) groups excluding carboxylic acids is 2. The minimum atomic E-state index is -0.939. The number of primary amides is 1. The molecule has 0 saturated heterocycles. The smallest absolute Gasteiger partial charge is 0.319 e. The summed E-state index contributed by atoms with van der Waals surface area (Å²) in [5.74, 6) is -0.676. The molecule has 1 aromatic carbocycles. The lowest BCUT2D eigenvalue weighted by Crippen LogP contribution is -2.35. The van der Waals surface area contributed by atoms with E-state index in [1.807, 2.05) is 5.32 Å². The van der Waals surface area contributed by atoms with Gasteiger partial charge in [0.15, 0.2) is 0 Å². The number of halogens is 2. The van der Waals surface area contributed by atoms with Gasteiger partial charge in [-0.3, -0.25) is 10.1 Å². The Morgan fingerprint density at radius 1 is 1.29 bits per heavy atom. The molecule has 0 fully saturated rings. The van der Waals surface area contributed by atoms with Crippen LogP contribution in [0.1, 0.15) is 10.4 Å². The van der Waals surface area contributed by atoms with E-state index in [0.717, 1.165) is 0 Å². The van der Waals surface area contributed by atoms with E-state index >= 15 is 0 Å². The van der Waals surface area contributed by atoms with Gasteiger partial charge in [-0.15, -0.1) is 0 Å². The highest BCUT2D eigenvalue weighted by atomic mass is 35.5. The molecular weight excluding hydrogens is 227 g/mol. The van der Waals surface area contributed by atoms with Crippen molar-refractivity contribution in [3.63, 3.8) is 0 Å². The molecule has 0 bridgehead atoms. The van der Waals surface area contributed by atoms with E-state index in [1.54, 1.807) is 6.07 Å². The molecule has 0 aliphatic carbocycles. The first-order valence-electron chi connectivity index (χ1n) is 3.57. The molecule has 1 rings (SSSR count). The van der Waals surface area contributed by atoms with E-state index < -0.39 is 11.9 Å². The van der Waals surface area contributed by atoms with Crippen LogP contribution in [0, 0.1) is 0 Å². The predicted octanol–water partition coefficient (Wildman–Crippen LogP) is 1.80. The first kappa shape index (κ1) is 10.8. The number of nitrogens with two attached hydrogens (primary N) is 1. The highest BCUT2D eigenvalue weighted by Crippen LogP contribution is 2.25. The molecular formula is C8H6Cl2N2O2. The summed E-state index contributed by atoms with van der Waals surface area (Å²) in [6.07, 6.45) is 0. The number of amides is 3. The van der Waals surface area contributed by atoms with E-state index in [0.29, 0.717) is 0 Å². The number of imide groups is 1. The van der Waals surface area contributed by atoms with Crippen LogP contribution in [0.4, 0.5) is 4.79 Å². The summed E-state index contributed by atoms with van der Waals surface area (Å²) in [4.78, 5) is 21.7. The normalized spacial score (nSPS) is 9.57. The molecule has 4 nitrogen and oxygen atoms in total. The zero-order valence-electron chi connectivity index (χ0n) is 6.88. The van der Waals surface area contributed by atoms with E-state index in [-0.39, 0.29) is 15.6 Å². The zero-order chi connectivity index (χ0) is 10.7. The van der Waals surface area contributed by atoms with Crippen molar-refractivity contribution < 1.29 is 9.59 Å². The number of urea groups is 1. The monoisotopic (exact) mass is 232 g/mol. The SMILES string of the molecule is NC(=O)NC(=O)c1cccc(Cl)c1Cl. The second-order valence-corrected chi connectivity index (χ2v) is 3.20. The van der Waals surface area contributed by atoms with Crippen LogP contribution in [0.15, 0.2) is 18.2 Å². The van der Waals surface area contributed by atoms with Crippen molar-refractivity contribution >= 4 is 35.1 Å². The molecule has 0 aliphatic heterocycles. The quantitative estimate of drug-likeness (QED) is 0.776. The van der Waals surface area contributed by atoms with Gasteiger partial charge in [0.1, 0.15) is 0 Å². The number of hydrogen-bond acceptors (Lipinski definition) is 2. The summed E-state index contributed by atoms with van der Waals surface area (Å²) in [5, 5.41) is 2.21. The third-order valence-corrected chi connectivity index (χ3v) is 2.25. The molecule has 1 aromatic rings. The number of rotatable bonds is 1. The van der Waals surface area contributed by atoms with Gasteiger partial charge in [-0.05, 0) is 12.1 Å². The van der Waals surface area contributed by atoms with E-state index in [4.69, 9.17) is 28.9 Å². The van der Waals surface area contributed by atoms with E-state index in [2.05, 4.69) is 0 Å². The van der Waals surface area contributed by atoms with E-state index in [9.17, 15) is 9.59 Å². The molecule has 3 amide bonds. The van der Waals surface area contributed by atoms with Gasteiger partial charge in [-0.1, -0.05) is 29.3 Å². The number of carbonyl (C=O) groups is 2. The lowest BCUT2D eigenvalue weighted by Gasteiger charge is -2.03. The molecule has 0 aromatic heterocycles. The van der Waals surface area contributed by atoms with Gasteiger partial charge >= 0.3 is 6.03 Å². The van der Waals surface area contributed by atoms with Crippen molar-refractivity contribution in [1.29, 1.82) is 0 Å². The Kier molecular flexibility index (Phi) is 3.33. The Labute approximate surface area is 90.0 Å². The fourth-order valence-corrected chi connectivity index (χ4v) is 1.24. The third-order valence-electron chi connectivity index (χ3n) is 1.43. The molecule has 0 unspecified atom stereocenters. The fourth-order valence-electron chi connectivity index (χ4n) is 0.858. The standard InChI is InChI=1S/C8H6Cl2N2O2/c9-5-3-1-2-4(6(5)10)7(13)12-8(11)14/h1-3H,(H3,11,12,13,14). The number of nitrogens with one attached hydrogen (secondary N) is 1. The Bertz CT molecular complexity index is 393. The summed E-state index contributed by atoms with van der Waals surface area (Å²) < 4.78 is 0. The van der Waals surface area contributed by atoms with Crippen LogP contribution in [-0.4, -0.2) is 11.9 Å². The van der Waals surface area contributed by atoms with Gasteiger partial charge in [0.25, 0.3) is 5.91 Å². The average Bonchev–Trinajstić information content (AvgIpc) is 2.08. The van der Waals surface area contributed by atoms with Gasteiger partial charge in [0.2, 0.25) is 0 Å². The molecule has 14 heavy (non-hydrogen) atoms. The van der Waals surface area contributed by atoms with Crippen molar-refractivity contribution in [2.75, 3.05) is 0 Å². The molecule has 3 N–H and O–H groups in total. The van der Waals surface area contributed by atoms with Gasteiger partial charge in [-0.2, -0.15) is 0 Å². The van der Waals surface area contributed by atoms with Crippen LogP contribution in [0.2, 0.25) is 10.0 Å². The number of hydrogen-bond donors (Lipinski definition) is 2. The van der Waals surface area contributed by atoms with Crippen LogP contribution in [0.5, 0.6) is 0 Å². The lowest BCUT2D eigenvalue weighted by atomic mass is 10.2. The number of benzene rings is 1. The lowest BCUT2D eigenvalue weighted by molar-refractivity contribution is 0.0966. The largest absolute Gasteiger partial charge is 0.351 e. The van der Waals surface area contributed by atoms with Gasteiger partial charge in [0, 0.05) is 0 Å². The van der Waals surface area contributed by atoms with Gasteiger partial charge in [0.05, 0.1) is 15.6 Å². The summed E-state index contributed by atoms with van der Waals surface area (Å²) in [6.45, 7) is 0. The minimum absolute atomic E-state index is 0.0907. The maximum Gasteiger partial charge on any atom is 0.319 e. The summed E-state index contributed by atoms with van der Waals surface area (Å²) in [7, 11) is 0. The van der Waals surface area contributed by atoms with Crippen molar-refractivity contribution in [2.24, 2.45) is 5.73 Å². The van der Waals surface area contributed by atoms with Gasteiger partial charge in [-0.25, -0.2) is 4.79 Å². The predicted molar refractivity (Wildman–Crippen MR) is 53.5 cm³/mol. The highest BCUT2D eigenvalue weighted by molar-refractivity contribution is 6.44. The summed E-state index contributed by atoms with van der Waals surface area (Å²) in [5.41, 5.74) is 4.88. The van der Waals surface area contributed by atoms with Crippen molar-refractivity contribution in [3.8, 4) is 0 Å². The van der Waals surface area contributed by atoms with Crippen LogP contribution >= 0.6 is 23.2 Å². The summed E-state index contributed by atoms with van der Waals surface area (Å²) in [6, 6.07) is 3.58. The first-order valence-corrected chi connectivity index (χ1v) is 4.32. The van der Waals surface area contributed by atoms with Crippen LogP contribution < -0.4 is 11.1 Å². The second kappa shape index (κ2) is 4.30. The average molecular weight is 233 g/mol. The minimum Gasteiger partial charge on any atom is -0.351 e. The summed E-state index contributed by atoms with van der Waals surface area (Å²) >= 11 is 11.4.